The molecule has 3 aliphatic rings. The van der Waals surface area contributed by atoms with Crippen molar-refractivity contribution in [1.29, 1.82) is 0 Å². The number of carbonyl (C=O) groups is 3. The standard InChI is InChI=1S/C28H32N2O5/c1-2-7-17(14-25(31)30-13-12-22-23(15-30)26(22)27(32)33)29-28(34)35-16-24-20-10-5-3-8-18(20)19-9-4-6-11-21(19)24/h3-6,8-11,17,22-24,26H,2,7,12-16H2,1H3,(H,29,34)(H,32,33)/t17?,22-,23+,26?/m1/s1. The summed E-state index contributed by atoms with van der Waals surface area (Å²) < 4.78 is 5.67. The second kappa shape index (κ2) is 9.72. The quantitative estimate of drug-likeness (QED) is 0.593. The molecule has 5 rings (SSSR count). The number of likely N-dealkylation sites (tertiary alicyclic amines) is 1. The minimum absolute atomic E-state index is 0.0126. The van der Waals surface area contributed by atoms with E-state index in [0.29, 0.717) is 19.5 Å². The second-order valence-electron chi connectivity index (χ2n) is 9.98. The maximum atomic E-state index is 12.9. The average Bonchev–Trinajstić information content (AvgIpc) is 3.50. The van der Waals surface area contributed by atoms with Crippen molar-refractivity contribution in [2.75, 3.05) is 19.7 Å². The largest absolute Gasteiger partial charge is 0.481 e. The van der Waals surface area contributed by atoms with Gasteiger partial charge in [0.05, 0.1) is 5.92 Å². The highest BCUT2D eigenvalue weighted by atomic mass is 16.5. The Morgan fingerprint density at radius 1 is 1.06 bits per heavy atom. The minimum Gasteiger partial charge on any atom is -0.481 e. The molecule has 2 fully saturated rings. The van der Waals surface area contributed by atoms with Crippen molar-refractivity contribution in [2.45, 2.75) is 44.6 Å². The maximum absolute atomic E-state index is 12.9. The summed E-state index contributed by atoms with van der Waals surface area (Å²) in [6, 6.07) is 16.1. The molecular weight excluding hydrogens is 444 g/mol. The summed E-state index contributed by atoms with van der Waals surface area (Å²) in [4.78, 5) is 38.7. The van der Waals surface area contributed by atoms with Gasteiger partial charge in [-0.2, -0.15) is 0 Å². The van der Waals surface area contributed by atoms with Gasteiger partial charge in [0.25, 0.3) is 0 Å². The highest BCUT2D eigenvalue weighted by Crippen LogP contribution is 2.51. The van der Waals surface area contributed by atoms with Gasteiger partial charge in [-0.25, -0.2) is 4.79 Å². The molecule has 7 heteroatoms. The number of fused-ring (bicyclic) bond motifs is 4. The van der Waals surface area contributed by atoms with Crippen LogP contribution >= 0.6 is 0 Å². The molecule has 0 aromatic heterocycles. The molecule has 0 bridgehead atoms. The van der Waals surface area contributed by atoms with Crippen LogP contribution < -0.4 is 5.32 Å². The smallest absolute Gasteiger partial charge is 0.407 e. The van der Waals surface area contributed by atoms with Gasteiger partial charge >= 0.3 is 12.1 Å². The van der Waals surface area contributed by atoms with E-state index >= 15 is 0 Å². The number of piperidine rings is 1. The first-order chi connectivity index (χ1) is 17.0. The van der Waals surface area contributed by atoms with Crippen LogP contribution in [0.25, 0.3) is 11.1 Å². The third kappa shape index (κ3) is 4.64. The Kier molecular flexibility index (Phi) is 6.50. The Morgan fingerprint density at radius 2 is 1.71 bits per heavy atom. The van der Waals surface area contributed by atoms with E-state index in [-0.39, 0.29) is 48.6 Å². The Hall–Kier alpha value is -3.35. The predicted molar refractivity (Wildman–Crippen MR) is 131 cm³/mol. The molecule has 2 aromatic carbocycles. The van der Waals surface area contributed by atoms with Crippen LogP contribution in [0.2, 0.25) is 0 Å². The van der Waals surface area contributed by atoms with Crippen LogP contribution in [0, 0.1) is 17.8 Å². The number of hydrogen-bond acceptors (Lipinski definition) is 4. The van der Waals surface area contributed by atoms with Crippen LogP contribution in [0.15, 0.2) is 48.5 Å². The normalized spacial score (nSPS) is 23.0. The number of carboxylic acid groups (broad SMARTS) is 1. The molecule has 2 unspecified atom stereocenters. The average molecular weight is 477 g/mol. The Labute approximate surface area is 205 Å². The molecule has 1 saturated heterocycles. The highest BCUT2D eigenvalue weighted by Gasteiger charge is 2.57. The van der Waals surface area contributed by atoms with E-state index in [0.717, 1.165) is 24.0 Å². The number of nitrogens with zero attached hydrogens (tertiary/aromatic N) is 1. The van der Waals surface area contributed by atoms with Gasteiger partial charge in [-0.3, -0.25) is 9.59 Å². The predicted octanol–water partition coefficient (Wildman–Crippen LogP) is 4.26. The zero-order chi connectivity index (χ0) is 24.5. The lowest BCUT2D eigenvalue weighted by molar-refractivity contribution is -0.139. The molecule has 184 valence electrons. The van der Waals surface area contributed by atoms with E-state index in [2.05, 4.69) is 29.6 Å². The van der Waals surface area contributed by atoms with Crippen LogP contribution in [0.1, 0.15) is 49.7 Å². The molecule has 0 radical (unpaired) electrons. The van der Waals surface area contributed by atoms with Crippen molar-refractivity contribution in [1.82, 2.24) is 10.2 Å². The first-order valence-corrected chi connectivity index (χ1v) is 12.6. The SMILES string of the molecule is CCCC(CC(=O)N1CC[C@H]2C(C(=O)O)[C@H]2C1)NC(=O)OCC1c2ccccc2-c2ccccc21. The van der Waals surface area contributed by atoms with Crippen LogP contribution in [0.3, 0.4) is 0 Å². The number of ether oxygens (including phenoxy) is 1. The lowest BCUT2D eigenvalue weighted by Gasteiger charge is -2.28. The zero-order valence-corrected chi connectivity index (χ0v) is 20.0. The van der Waals surface area contributed by atoms with Gasteiger partial charge in [-0.1, -0.05) is 61.9 Å². The number of carboxylic acids is 1. The Morgan fingerprint density at radius 3 is 2.34 bits per heavy atom. The highest BCUT2D eigenvalue weighted by molar-refractivity contribution is 5.80. The van der Waals surface area contributed by atoms with Gasteiger partial charge in [-0.15, -0.1) is 0 Å². The fourth-order valence-corrected chi connectivity index (χ4v) is 6.05. The Bertz CT molecular complexity index is 1090. The molecule has 0 spiro atoms. The van der Waals surface area contributed by atoms with Gasteiger partial charge in [0, 0.05) is 31.5 Å². The summed E-state index contributed by atoms with van der Waals surface area (Å²) in [5.41, 5.74) is 4.67. The van der Waals surface area contributed by atoms with Gasteiger partial charge in [0.2, 0.25) is 5.91 Å². The lowest BCUT2D eigenvalue weighted by Crippen LogP contribution is -2.43. The summed E-state index contributed by atoms with van der Waals surface area (Å²) in [6.07, 6.45) is 1.93. The molecular formula is C28H32N2O5. The fraction of sp³-hybridized carbons (Fsp3) is 0.464. The van der Waals surface area contributed by atoms with E-state index in [1.165, 1.54) is 11.1 Å². The van der Waals surface area contributed by atoms with Crippen LogP contribution in [0.4, 0.5) is 4.79 Å². The van der Waals surface area contributed by atoms with Gasteiger partial charge in [0.1, 0.15) is 6.61 Å². The van der Waals surface area contributed by atoms with Crippen molar-refractivity contribution in [3.05, 3.63) is 59.7 Å². The molecule has 2 amide bonds. The first-order valence-electron chi connectivity index (χ1n) is 12.6. The molecule has 1 saturated carbocycles. The third-order valence-corrected chi connectivity index (χ3v) is 7.86. The van der Waals surface area contributed by atoms with Gasteiger partial charge in [0.15, 0.2) is 0 Å². The van der Waals surface area contributed by atoms with Gasteiger partial charge in [-0.05, 0) is 46.9 Å². The number of alkyl carbamates (subject to hydrolysis) is 1. The monoisotopic (exact) mass is 476 g/mol. The van der Waals surface area contributed by atoms with E-state index in [1.54, 1.807) is 4.90 Å². The third-order valence-electron chi connectivity index (χ3n) is 7.86. The molecule has 7 nitrogen and oxygen atoms in total. The van der Waals surface area contributed by atoms with Gasteiger partial charge < -0.3 is 20.1 Å². The van der Waals surface area contributed by atoms with Crippen molar-refractivity contribution in [3.8, 4) is 11.1 Å². The second-order valence-corrected chi connectivity index (χ2v) is 9.98. The van der Waals surface area contributed by atoms with Crippen molar-refractivity contribution >= 4 is 18.0 Å². The van der Waals surface area contributed by atoms with E-state index in [4.69, 9.17) is 4.74 Å². The van der Waals surface area contributed by atoms with Crippen LogP contribution in [-0.4, -0.2) is 53.7 Å². The number of amides is 2. The topological polar surface area (TPSA) is 95.9 Å². The number of benzene rings is 2. The molecule has 2 N–H and O–H groups in total. The molecule has 35 heavy (non-hydrogen) atoms. The summed E-state index contributed by atoms with van der Waals surface area (Å²) in [6.45, 7) is 3.35. The number of hydrogen-bond donors (Lipinski definition) is 2. The summed E-state index contributed by atoms with van der Waals surface area (Å²) >= 11 is 0. The molecule has 2 aliphatic carbocycles. The van der Waals surface area contributed by atoms with Crippen molar-refractivity contribution in [2.24, 2.45) is 17.8 Å². The van der Waals surface area contributed by atoms with E-state index in [9.17, 15) is 19.5 Å². The number of aliphatic carboxylic acids is 1. The summed E-state index contributed by atoms with van der Waals surface area (Å²) in [7, 11) is 0. The summed E-state index contributed by atoms with van der Waals surface area (Å²) in [5.74, 6) is -0.821. The first kappa shape index (κ1) is 23.4. The summed E-state index contributed by atoms with van der Waals surface area (Å²) in [5, 5.41) is 12.2. The number of carbonyl (C=O) groups excluding carboxylic acids is 2. The molecule has 4 atom stereocenters. The van der Waals surface area contributed by atoms with E-state index < -0.39 is 12.1 Å². The van der Waals surface area contributed by atoms with Crippen LogP contribution in [0.5, 0.6) is 0 Å². The fourth-order valence-electron chi connectivity index (χ4n) is 6.05. The maximum Gasteiger partial charge on any atom is 0.407 e. The molecule has 1 aliphatic heterocycles. The zero-order valence-electron chi connectivity index (χ0n) is 20.0. The van der Waals surface area contributed by atoms with E-state index in [1.807, 2.05) is 31.2 Å². The number of rotatable bonds is 8. The van der Waals surface area contributed by atoms with Crippen molar-refractivity contribution in [3.63, 3.8) is 0 Å². The molecule has 1 heterocycles. The molecule has 2 aromatic rings. The lowest BCUT2D eigenvalue weighted by atomic mass is 9.98. The number of nitrogens with one attached hydrogen (secondary N) is 1. The van der Waals surface area contributed by atoms with Crippen molar-refractivity contribution < 1.29 is 24.2 Å². The Balaban J connectivity index is 1.16. The minimum atomic E-state index is -0.755. The van der Waals surface area contributed by atoms with Crippen LogP contribution in [-0.2, 0) is 14.3 Å².